The molecule has 0 unspecified atom stereocenters. The van der Waals surface area contributed by atoms with Crippen LogP contribution in [0.25, 0.3) is 0 Å². The third-order valence-corrected chi connectivity index (χ3v) is 6.31. The van der Waals surface area contributed by atoms with Gasteiger partial charge in [-0.05, 0) is 69.4 Å². The SMILES string of the molecule is Cc1ccccc1C(=O)N1CCC([C@@H](NC(=O)c2ccc3c(c2)OCO3)C(=O)NC(C)C)CC1. The summed E-state index contributed by atoms with van der Waals surface area (Å²) < 4.78 is 10.7. The van der Waals surface area contributed by atoms with Crippen LogP contribution in [-0.2, 0) is 4.79 Å². The van der Waals surface area contributed by atoms with E-state index in [1.165, 1.54) is 0 Å². The first-order chi connectivity index (χ1) is 16.3. The van der Waals surface area contributed by atoms with Gasteiger partial charge >= 0.3 is 0 Å². The fourth-order valence-electron chi connectivity index (χ4n) is 4.45. The van der Waals surface area contributed by atoms with Crippen molar-refractivity contribution in [1.82, 2.24) is 15.5 Å². The van der Waals surface area contributed by atoms with Crippen LogP contribution in [0.2, 0.25) is 0 Å². The van der Waals surface area contributed by atoms with Crippen LogP contribution < -0.4 is 20.1 Å². The number of likely N-dealkylation sites (tertiary alicyclic amines) is 1. The van der Waals surface area contributed by atoms with E-state index in [0.29, 0.717) is 48.6 Å². The molecule has 0 bridgehead atoms. The van der Waals surface area contributed by atoms with Crippen molar-refractivity contribution in [2.24, 2.45) is 5.92 Å². The number of ether oxygens (including phenoxy) is 2. The van der Waals surface area contributed by atoms with Crippen molar-refractivity contribution in [2.45, 2.75) is 45.7 Å². The maximum atomic E-state index is 13.0. The summed E-state index contributed by atoms with van der Waals surface area (Å²) in [4.78, 5) is 40.9. The fourth-order valence-corrected chi connectivity index (χ4v) is 4.45. The van der Waals surface area contributed by atoms with E-state index in [9.17, 15) is 14.4 Å². The highest BCUT2D eigenvalue weighted by atomic mass is 16.7. The largest absolute Gasteiger partial charge is 0.454 e. The average Bonchev–Trinajstić information content (AvgIpc) is 3.30. The topological polar surface area (TPSA) is 97.0 Å². The van der Waals surface area contributed by atoms with Gasteiger partial charge in [0.2, 0.25) is 12.7 Å². The number of aryl methyl sites for hydroxylation is 1. The van der Waals surface area contributed by atoms with Crippen LogP contribution >= 0.6 is 0 Å². The first-order valence-corrected chi connectivity index (χ1v) is 11.7. The maximum Gasteiger partial charge on any atom is 0.254 e. The summed E-state index contributed by atoms with van der Waals surface area (Å²) in [6.45, 7) is 6.89. The predicted molar refractivity (Wildman–Crippen MR) is 127 cm³/mol. The molecule has 0 radical (unpaired) electrons. The standard InChI is InChI=1S/C26H31N3O5/c1-16(2)27-25(31)23(28-24(30)19-8-9-21-22(14-19)34-15-33-21)18-10-12-29(13-11-18)26(32)20-7-5-4-6-17(20)3/h4-9,14,16,18,23H,10-13,15H2,1-3H3,(H,27,31)(H,28,30)/t23-/m1/s1. The van der Waals surface area contributed by atoms with E-state index in [1.54, 1.807) is 18.2 Å². The fraction of sp³-hybridized carbons (Fsp3) is 0.423. The zero-order valence-electron chi connectivity index (χ0n) is 19.8. The molecule has 8 nitrogen and oxygen atoms in total. The molecule has 2 aromatic rings. The Bertz CT molecular complexity index is 1080. The molecule has 1 fully saturated rings. The van der Waals surface area contributed by atoms with Gasteiger partial charge in [0, 0.05) is 30.3 Å². The van der Waals surface area contributed by atoms with Gasteiger partial charge < -0.3 is 25.0 Å². The van der Waals surface area contributed by atoms with Crippen molar-refractivity contribution in [1.29, 1.82) is 0 Å². The minimum atomic E-state index is -0.698. The van der Waals surface area contributed by atoms with Crippen molar-refractivity contribution in [3.05, 3.63) is 59.2 Å². The van der Waals surface area contributed by atoms with Gasteiger partial charge in [-0.1, -0.05) is 18.2 Å². The number of amides is 3. The number of hydrogen-bond acceptors (Lipinski definition) is 5. The highest BCUT2D eigenvalue weighted by molar-refractivity contribution is 5.98. The Morgan fingerprint density at radius 1 is 0.971 bits per heavy atom. The lowest BCUT2D eigenvalue weighted by molar-refractivity contribution is -0.125. The predicted octanol–water partition coefficient (Wildman–Crippen LogP) is 2.90. The van der Waals surface area contributed by atoms with E-state index in [4.69, 9.17) is 9.47 Å². The molecule has 0 spiro atoms. The zero-order valence-corrected chi connectivity index (χ0v) is 19.8. The average molecular weight is 466 g/mol. The first kappa shape index (κ1) is 23.6. The molecule has 2 heterocycles. The van der Waals surface area contributed by atoms with E-state index in [0.717, 1.165) is 5.56 Å². The maximum absolute atomic E-state index is 13.0. The Kier molecular flexibility index (Phi) is 7.05. The summed E-state index contributed by atoms with van der Waals surface area (Å²) in [6.07, 6.45) is 1.24. The van der Waals surface area contributed by atoms with E-state index >= 15 is 0 Å². The molecule has 1 atom stereocenters. The summed E-state index contributed by atoms with van der Waals surface area (Å²) in [7, 11) is 0. The number of piperidine rings is 1. The summed E-state index contributed by atoms with van der Waals surface area (Å²) in [5.74, 6) is 0.463. The van der Waals surface area contributed by atoms with Crippen LogP contribution in [-0.4, -0.2) is 54.6 Å². The summed E-state index contributed by atoms with van der Waals surface area (Å²) in [5.41, 5.74) is 2.05. The molecule has 0 saturated carbocycles. The van der Waals surface area contributed by atoms with E-state index in [-0.39, 0.29) is 36.5 Å². The first-order valence-electron chi connectivity index (χ1n) is 11.7. The van der Waals surface area contributed by atoms with Crippen LogP contribution in [0.1, 0.15) is 53.0 Å². The lowest BCUT2D eigenvalue weighted by Gasteiger charge is -2.36. The van der Waals surface area contributed by atoms with Gasteiger partial charge in [0.1, 0.15) is 6.04 Å². The van der Waals surface area contributed by atoms with Gasteiger partial charge in [-0.3, -0.25) is 14.4 Å². The Morgan fingerprint density at radius 2 is 1.68 bits per heavy atom. The molecule has 8 heteroatoms. The second kappa shape index (κ2) is 10.2. The van der Waals surface area contributed by atoms with Crippen LogP contribution in [0, 0.1) is 12.8 Å². The van der Waals surface area contributed by atoms with E-state index in [2.05, 4.69) is 10.6 Å². The third kappa shape index (κ3) is 5.16. The number of carbonyl (C=O) groups is 3. The quantitative estimate of drug-likeness (QED) is 0.684. The Hall–Kier alpha value is -3.55. The number of fused-ring (bicyclic) bond motifs is 1. The van der Waals surface area contributed by atoms with E-state index in [1.807, 2.05) is 49.9 Å². The smallest absolute Gasteiger partial charge is 0.254 e. The second-order valence-electron chi connectivity index (χ2n) is 9.13. The zero-order chi connectivity index (χ0) is 24.2. The number of carbonyl (C=O) groups excluding carboxylic acids is 3. The second-order valence-corrected chi connectivity index (χ2v) is 9.13. The van der Waals surface area contributed by atoms with Crippen LogP contribution in [0.4, 0.5) is 0 Å². The number of benzene rings is 2. The molecule has 2 N–H and O–H groups in total. The molecule has 0 aliphatic carbocycles. The van der Waals surface area contributed by atoms with Crippen LogP contribution in [0.3, 0.4) is 0 Å². The van der Waals surface area contributed by atoms with Gasteiger partial charge in [0.15, 0.2) is 11.5 Å². The van der Waals surface area contributed by atoms with Gasteiger partial charge in [-0.2, -0.15) is 0 Å². The molecular weight excluding hydrogens is 434 g/mol. The van der Waals surface area contributed by atoms with Crippen molar-refractivity contribution < 1.29 is 23.9 Å². The molecule has 34 heavy (non-hydrogen) atoms. The molecule has 0 aromatic heterocycles. The highest BCUT2D eigenvalue weighted by Crippen LogP contribution is 2.32. The number of nitrogens with one attached hydrogen (secondary N) is 2. The van der Waals surface area contributed by atoms with Crippen molar-refractivity contribution in [2.75, 3.05) is 19.9 Å². The summed E-state index contributed by atoms with van der Waals surface area (Å²) in [5, 5.41) is 5.86. The van der Waals surface area contributed by atoms with Crippen molar-refractivity contribution in [3.63, 3.8) is 0 Å². The number of nitrogens with zero attached hydrogens (tertiary/aromatic N) is 1. The van der Waals surface area contributed by atoms with Crippen LogP contribution in [0.15, 0.2) is 42.5 Å². The normalized spacial score (nSPS) is 16.3. The molecular formula is C26H31N3O5. The van der Waals surface area contributed by atoms with Gasteiger partial charge in [-0.25, -0.2) is 0 Å². The van der Waals surface area contributed by atoms with Gasteiger partial charge in [0.05, 0.1) is 0 Å². The molecule has 3 amide bonds. The molecule has 2 aromatic carbocycles. The summed E-state index contributed by atoms with van der Waals surface area (Å²) >= 11 is 0. The lowest BCUT2D eigenvalue weighted by Crippen LogP contribution is -2.54. The Labute approximate surface area is 199 Å². The Morgan fingerprint density at radius 3 is 2.38 bits per heavy atom. The minimum Gasteiger partial charge on any atom is -0.454 e. The molecule has 2 aliphatic rings. The van der Waals surface area contributed by atoms with Crippen molar-refractivity contribution in [3.8, 4) is 11.5 Å². The third-order valence-electron chi connectivity index (χ3n) is 6.31. The minimum absolute atomic E-state index is 0.00382. The number of hydrogen-bond donors (Lipinski definition) is 2. The summed E-state index contributed by atoms with van der Waals surface area (Å²) in [6, 6.07) is 11.8. The molecule has 4 rings (SSSR count). The lowest BCUT2D eigenvalue weighted by atomic mass is 9.88. The number of rotatable bonds is 6. The highest BCUT2D eigenvalue weighted by Gasteiger charge is 2.34. The van der Waals surface area contributed by atoms with E-state index < -0.39 is 6.04 Å². The van der Waals surface area contributed by atoms with Crippen molar-refractivity contribution >= 4 is 17.7 Å². The molecule has 180 valence electrons. The van der Waals surface area contributed by atoms with Gasteiger partial charge in [0.25, 0.3) is 11.8 Å². The Balaban J connectivity index is 1.45. The monoisotopic (exact) mass is 465 g/mol. The molecule has 1 saturated heterocycles. The van der Waals surface area contributed by atoms with Crippen LogP contribution in [0.5, 0.6) is 11.5 Å². The van der Waals surface area contributed by atoms with Gasteiger partial charge in [-0.15, -0.1) is 0 Å². The molecule has 2 aliphatic heterocycles.